The van der Waals surface area contributed by atoms with E-state index in [1.54, 1.807) is 13.2 Å². The molecule has 2 aromatic carbocycles. The van der Waals surface area contributed by atoms with Crippen molar-refractivity contribution in [3.8, 4) is 11.5 Å². The zero-order chi connectivity index (χ0) is 22.2. The van der Waals surface area contributed by atoms with Crippen LogP contribution in [0.5, 0.6) is 11.5 Å². The van der Waals surface area contributed by atoms with E-state index in [4.69, 9.17) is 4.74 Å². The van der Waals surface area contributed by atoms with Gasteiger partial charge in [0.15, 0.2) is 5.78 Å². The highest BCUT2D eigenvalue weighted by atomic mass is 16.5. The SMILES string of the molecule is COc1ccccc1N1CCN(CCCCC(=O)c2ccc(O)c(NC(C)=O)c2)CC1. The van der Waals surface area contributed by atoms with Crippen LogP contribution in [0.1, 0.15) is 36.5 Å². The van der Waals surface area contributed by atoms with Gasteiger partial charge in [-0.15, -0.1) is 0 Å². The Hall–Kier alpha value is -3.06. The lowest BCUT2D eigenvalue weighted by Gasteiger charge is -2.36. The zero-order valence-corrected chi connectivity index (χ0v) is 18.3. The number of hydrogen-bond acceptors (Lipinski definition) is 6. The third kappa shape index (κ3) is 6.21. The van der Waals surface area contributed by atoms with E-state index in [1.807, 2.05) is 18.2 Å². The van der Waals surface area contributed by atoms with E-state index < -0.39 is 0 Å². The molecule has 0 bridgehead atoms. The average Bonchev–Trinajstić information content (AvgIpc) is 2.78. The van der Waals surface area contributed by atoms with Crippen molar-refractivity contribution in [3.63, 3.8) is 0 Å². The predicted octanol–water partition coefficient (Wildman–Crippen LogP) is 3.53. The van der Waals surface area contributed by atoms with E-state index >= 15 is 0 Å². The topological polar surface area (TPSA) is 82.1 Å². The molecule has 31 heavy (non-hydrogen) atoms. The number of carbonyl (C=O) groups is 2. The van der Waals surface area contributed by atoms with Crippen LogP contribution in [0.25, 0.3) is 0 Å². The second kappa shape index (κ2) is 10.8. The molecule has 1 fully saturated rings. The average molecular weight is 426 g/mol. The molecule has 7 heteroatoms. The number of piperazine rings is 1. The fourth-order valence-corrected chi connectivity index (χ4v) is 3.87. The number of methoxy groups -OCH3 is 1. The van der Waals surface area contributed by atoms with Crippen molar-refractivity contribution in [1.82, 2.24) is 4.90 Å². The number of phenols is 1. The Morgan fingerprint density at radius 2 is 1.81 bits per heavy atom. The molecule has 3 rings (SSSR count). The number of nitrogens with zero attached hydrogens (tertiary/aromatic N) is 2. The molecule has 0 aromatic heterocycles. The lowest BCUT2D eigenvalue weighted by atomic mass is 10.0. The first-order valence-corrected chi connectivity index (χ1v) is 10.7. The minimum Gasteiger partial charge on any atom is -0.506 e. The number of hydrogen-bond donors (Lipinski definition) is 2. The highest BCUT2D eigenvalue weighted by Crippen LogP contribution is 2.28. The van der Waals surface area contributed by atoms with Gasteiger partial charge in [0.05, 0.1) is 18.5 Å². The first-order valence-electron chi connectivity index (χ1n) is 10.7. The number of anilines is 2. The maximum absolute atomic E-state index is 12.5. The summed E-state index contributed by atoms with van der Waals surface area (Å²) in [5.74, 6) is 0.600. The second-order valence-electron chi connectivity index (χ2n) is 7.79. The lowest BCUT2D eigenvalue weighted by Crippen LogP contribution is -2.46. The monoisotopic (exact) mass is 425 g/mol. The van der Waals surface area contributed by atoms with Gasteiger partial charge in [0.25, 0.3) is 0 Å². The summed E-state index contributed by atoms with van der Waals surface area (Å²) < 4.78 is 5.47. The van der Waals surface area contributed by atoms with Crippen LogP contribution in [0.4, 0.5) is 11.4 Å². The third-order valence-corrected chi connectivity index (χ3v) is 5.56. The van der Waals surface area contributed by atoms with Crippen LogP contribution >= 0.6 is 0 Å². The Morgan fingerprint density at radius 3 is 2.52 bits per heavy atom. The molecule has 0 radical (unpaired) electrons. The number of aromatic hydroxyl groups is 1. The minimum atomic E-state index is -0.286. The Bertz CT molecular complexity index is 907. The number of Topliss-reactive ketones (excluding diaryl/α,β-unsaturated/α-hetero) is 1. The van der Waals surface area contributed by atoms with E-state index in [0.29, 0.717) is 12.0 Å². The van der Waals surface area contributed by atoms with Gasteiger partial charge in [-0.05, 0) is 49.7 Å². The van der Waals surface area contributed by atoms with Gasteiger partial charge >= 0.3 is 0 Å². The molecule has 2 aromatic rings. The molecule has 0 aliphatic carbocycles. The Kier molecular flexibility index (Phi) is 7.89. The molecular weight excluding hydrogens is 394 g/mol. The smallest absolute Gasteiger partial charge is 0.221 e. The number of carbonyl (C=O) groups excluding carboxylic acids is 2. The molecule has 2 N–H and O–H groups in total. The summed E-state index contributed by atoms with van der Waals surface area (Å²) in [5.41, 5.74) is 1.92. The number of benzene rings is 2. The number of ether oxygens (including phenoxy) is 1. The number of amides is 1. The summed E-state index contributed by atoms with van der Waals surface area (Å²) in [5, 5.41) is 12.3. The predicted molar refractivity (Wildman–Crippen MR) is 122 cm³/mol. The largest absolute Gasteiger partial charge is 0.506 e. The van der Waals surface area contributed by atoms with E-state index in [9.17, 15) is 14.7 Å². The summed E-state index contributed by atoms with van der Waals surface area (Å²) in [4.78, 5) is 28.5. The summed E-state index contributed by atoms with van der Waals surface area (Å²) in [6, 6.07) is 12.7. The number of unbranched alkanes of at least 4 members (excludes halogenated alkanes) is 1. The van der Waals surface area contributed by atoms with E-state index in [0.717, 1.165) is 57.0 Å². The molecule has 0 atom stereocenters. The standard InChI is InChI=1S/C24H31N3O4/c1-18(28)25-20-17-19(10-11-23(20)30)22(29)8-5-6-12-26-13-15-27(16-14-26)21-7-3-4-9-24(21)31-2/h3-4,7,9-11,17,30H,5-6,8,12-16H2,1-2H3,(H,25,28). The maximum Gasteiger partial charge on any atom is 0.221 e. The van der Waals surface area contributed by atoms with Gasteiger partial charge in [-0.25, -0.2) is 0 Å². The van der Waals surface area contributed by atoms with Gasteiger partial charge in [0, 0.05) is 45.1 Å². The molecule has 1 aliphatic rings. The van der Waals surface area contributed by atoms with Crippen molar-refractivity contribution in [3.05, 3.63) is 48.0 Å². The van der Waals surface area contributed by atoms with Crippen molar-refractivity contribution in [2.24, 2.45) is 0 Å². The Labute approximate surface area is 183 Å². The van der Waals surface area contributed by atoms with Crippen LogP contribution in [0.15, 0.2) is 42.5 Å². The fourth-order valence-electron chi connectivity index (χ4n) is 3.87. The summed E-state index contributed by atoms with van der Waals surface area (Å²) in [6.07, 6.45) is 2.21. The molecule has 1 saturated heterocycles. The first kappa shape index (κ1) is 22.6. The number of rotatable bonds is 9. The minimum absolute atomic E-state index is 0.0209. The number of ketones is 1. The molecule has 166 valence electrons. The fraction of sp³-hybridized carbons (Fsp3) is 0.417. The van der Waals surface area contributed by atoms with Crippen molar-refractivity contribution in [2.75, 3.05) is 50.1 Å². The van der Waals surface area contributed by atoms with Crippen molar-refractivity contribution < 1.29 is 19.4 Å². The normalized spacial score (nSPS) is 14.3. The molecule has 7 nitrogen and oxygen atoms in total. The van der Waals surface area contributed by atoms with Gasteiger partial charge in [-0.3, -0.25) is 14.5 Å². The van der Waals surface area contributed by atoms with E-state index in [1.165, 1.54) is 19.1 Å². The third-order valence-electron chi connectivity index (χ3n) is 5.56. The Morgan fingerprint density at radius 1 is 1.06 bits per heavy atom. The van der Waals surface area contributed by atoms with Crippen LogP contribution in [0.2, 0.25) is 0 Å². The molecule has 0 spiro atoms. The lowest BCUT2D eigenvalue weighted by molar-refractivity contribution is -0.114. The summed E-state index contributed by atoms with van der Waals surface area (Å²) >= 11 is 0. The first-order chi connectivity index (χ1) is 15.0. The second-order valence-corrected chi connectivity index (χ2v) is 7.79. The van der Waals surface area contributed by atoms with Crippen LogP contribution in [0.3, 0.4) is 0 Å². The van der Waals surface area contributed by atoms with E-state index in [-0.39, 0.29) is 23.1 Å². The van der Waals surface area contributed by atoms with Crippen molar-refractivity contribution in [2.45, 2.75) is 26.2 Å². The molecule has 1 amide bonds. The quantitative estimate of drug-likeness (QED) is 0.363. The molecule has 1 heterocycles. The Balaban J connectivity index is 1.41. The van der Waals surface area contributed by atoms with Gasteiger partial charge in [-0.2, -0.15) is 0 Å². The van der Waals surface area contributed by atoms with Crippen molar-refractivity contribution in [1.29, 1.82) is 0 Å². The van der Waals surface area contributed by atoms with Gasteiger partial charge in [0.1, 0.15) is 11.5 Å². The van der Waals surface area contributed by atoms with Gasteiger partial charge < -0.3 is 20.1 Å². The van der Waals surface area contributed by atoms with Gasteiger partial charge in [0.2, 0.25) is 5.91 Å². The summed E-state index contributed by atoms with van der Waals surface area (Å²) in [6.45, 7) is 6.23. The van der Waals surface area contributed by atoms with Crippen LogP contribution in [-0.4, -0.2) is 61.5 Å². The number of phenolic OH excluding ortho intramolecular Hbond substituents is 1. The van der Waals surface area contributed by atoms with E-state index in [2.05, 4.69) is 21.2 Å². The number of nitrogens with one attached hydrogen (secondary N) is 1. The van der Waals surface area contributed by atoms with Crippen molar-refractivity contribution >= 4 is 23.1 Å². The molecule has 0 saturated carbocycles. The zero-order valence-electron chi connectivity index (χ0n) is 18.3. The maximum atomic E-state index is 12.5. The molecule has 1 aliphatic heterocycles. The highest BCUT2D eigenvalue weighted by molar-refractivity contribution is 5.99. The highest BCUT2D eigenvalue weighted by Gasteiger charge is 2.19. The molecular formula is C24H31N3O4. The number of para-hydroxylation sites is 2. The summed E-state index contributed by atoms with van der Waals surface area (Å²) in [7, 11) is 1.70. The van der Waals surface area contributed by atoms with Crippen LogP contribution in [0, 0.1) is 0 Å². The van der Waals surface area contributed by atoms with Crippen LogP contribution < -0.4 is 15.0 Å². The van der Waals surface area contributed by atoms with Gasteiger partial charge in [-0.1, -0.05) is 12.1 Å². The molecule has 0 unspecified atom stereocenters. The van der Waals surface area contributed by atoms with Crippen LogP contribution in [-0.2, 0) is 4.79 Å².